The second-order valence-corrected chi connectivity index (χ2v) is 17.3. The van der Waals surface area contributed by atoms with Gasteiger partial charge in [0.25, 0.3) is 0 Å². The minimum absolute atomic E-state index is 0.130. The lowest BCUT2D eigenvalue weighted by Crippen LogP contribution is -2.60. The smallest absolute Gasteiger partial charge is 0.311 e. The highest BCUT2D eigenvalue weighted by Crippen LogP contribution is 2.40. The normalized spacial score (nSPS) is 48.9. The van der Waals surface area contributed by atoms with Crippen molar-refractivity contribution < 1.29 is 58.7 Å². The van der Waals surface area contributed by atoms with E-state index in [1.54, 1.807) is 41.5 Å². The van der Waals surface area contributed by atoms with Crippen LogP contribution in [0.3, 0.4) is 0 Å². The van der Waals surface area contributed by atoms with Crippen LogP contribution in [0.1, 0.15) is 101 Å². The first-order chi connectivity index (χ1) is 24.5. The van der Waals surface area contributed by atoms with Crippen LogP contribution in [0, 0.1) is 17.8 Å². The first-order valence-corrected chi connectivity index (χ1v) is 19.7. The first-order valence-electron chi connectivity index (χ1n) is 19.7. The van der Waals surface area contributed by atoms with Gasteiger partial charge in [0.05, 0.1) is 41.5 Å². The van der Waals surface area contributed by atoms with Crippen molar-refractivity contribution in [3.8, 4) is 0 Å². The summed E-state index contributed by atoms with van der Waals surface area (Å²) in [6.45, 7) is 18.4. The van der Waals surface area contributed by atoms with Gasteiger partial charge in [-0.2, -0.15) is 0 Å². The van der Waals surface area contributed by atoms with Crippen molar-refractivity contribution in [1.29, 1.82) is 0 Å². The molecule has 3 heterocycles. The zero-order valence-electron chi connectivity index (χ0n) is 34.9. The summed E-state index contributed by atoms with van der Waals surface area (Å²) in [4.78, 5) is 18.2. The molecule has 3 aliphatic rings. The van der Waals surface area contributed by atoms with Gasteiger partial charge in [-0.1, -0.05) is 27.7 Å². The number of aliphatic hydroxyl groups excluding tert-OH is 3. The lowest BCUT2D eigenvalue weighted by atomic mass is 9.77. The highest BCUT2D eigenvalue weighted by molar-refractivity contribution is 5.73. The number of esters is 1. The molecule has 3 rings (SSSR count). The molecule has 18 unspecified atom stereocenters. The van der Waals surface area contributed by atoms with Gasteiger partial charge in [0.2, 0.25) is 0 Å². The highest BCUT2D eigenvalue weighted by atomic mass is 16.7. The Balaban J connectivity index is 2.19. The van der Waals surface area contributed by atoms with Crippen molar-refractivity contribution in [3.05, 3.63) is 0 Å². The number of ether oxygens (including phenoxy) is 6. The minimum atomic E-state index is -1.76. The number of cyclic esters (lactones) is 1. The molecular weight excluding hydrogens is 688 g/mol. The fourth-order valence-electron chi connectivity index (χ4n) is 9.03. The van der Waals surface area contributed by atoms with Crippen LogP contribution < -0.4 is 0 Å². The lowest BCUT2D eigenvalue weighted by Gasteiger charge is -2.48. The highest BCUT2D eigenvalue weighted by Gasteiger charge is 2.53. The Morgan fingerprint density at radius 1 is 0.943 bits per heavy atom. The van der Waals surface area contributed by atoms with Crippen LogP contribution in [0.25, 0.3) is 0 Å². The van der Waals surface area contributed by atoms with Gasteiger partial charge >= 0.3 is 5.97 Å². The van der Waals surface area contributed by atoms with Gasteiger partial charge in [-0.3, -0.25) is 4.79 Å². The number of hydrogen-bond donors (Lipinski definition) is 5. The van der Waals surface area contributed by atoms with Crippen LogP contribution in [-0.2, 0) is 33.2 Å². The minimum Gasteiger partial charge on any atom is -0.459 e. The third-order valence-corrected chi connectivity index (χ3v) is 12.6. The number of nitrogens with zero attached hydrogens (tertiary/aromatic N) is 2. The van der Waals surface area contributed by atoms with Crippen molar-refractivity contribution in [2.24, 2.45) is 17.8 Å². The molecular formula is C39H74N2O12. The summed E-state index contributed by atoms with van der Waals surface area (Å²) < 4.78 is 37.7. The molecule has 0 bridgehead atoms. The number of carbonyl (C=O) groups is 1. The molecule has 0 amide bonds. The van der Waals surface area contributed by atoms with Crippen LogP contribution in [0.5, 0.6) is 0 Å². The Kier molecular flexibility index (Phi) is 16.2. The summed E-state index contributed by atoms with van der Waals surface area (Å²) >= 11 is 0. The van der Waals surface area contributed by atoms with Crippen molar-refractivity contribution in [1.82, 2.24) is 9.80 Å². The fourth-order valence-corrected chi connectivity index (χ4v) is 9.03. The maximum Gasteiger partial charge on any atom is 0.311 e. The van der Waals surface area contributed by atoms with E-state index in [2.05, 4.69) is 0 Å². The molecule has 312 valence electrons. The molecule has 53 heavy (non-hydrogen) atoms. The number of carbonyl (C=O) groups excluding carboxylic acids is 1. The standard InChI is InChI=1S/C39H74N2O12/c1-15-28-39(47,16-2)32(43)25(7)41(13)20-21(3)18-37(9,46)34(53-36-30(42)27(40(11)12)17-22(4)49-36)23(5)31(24(6)35(45)51-28)52-29-19-38(10,48-14)33(44)26(8)50-29/h21-34,36,42-44,46-47H,15-20H2,1-14H3. The average Bonchev–Trinajstić information content (AvgIpc) is 3.09. The Labute approximate surface area is 318 Å². The molecule has 0 aromatic heterocycles. The third-order valence-electron chi connectivity index (χ3n) is 12.6. The monoisotopic (exact) mass is 763 g/mol. The number of aliphatic hydroxyl groups is 5. The molecule has 3 saturated heterocycles. The zero-order chi connectivity index (χ0) is 40.4. The molecule has 3 fully saturated rings. The van der Waals surface area contributed by atoms with Crippen molar-refractivity contribution in [3.63, 3.8) is 0 Å². The Hall–Kier alpha value is -1.01. The van der Waals surface area contributed by atoms with Crippen LogP contribution >= 0.6 is 0 Å². The number of hydrogen-bond acceptors (Lipinski definition) is 14. The fraction of sp³-hybridized carbons (Fsp3) is 0.974. The lowest BCUT2D eigenvalue weighted by molar-refractivity contribution is -0.318. The summed E-state index contributed by atoms with van der Waals surface area (Å²) in [5.41, 5.74) is -4.34. The molecule has 0 saturated carbocycles. The van der Waals surface area contributed by atoms with E-state index in [0.29, 0.717) is 13.0 Å². The van der Waals surface area contributed by atoms with E-state index in [9.17, 15) is 30.3 Å². The summed E-state index contributed by atoms with van der Waals surface area (Å²) in [5.74, 6) is -2.57. The second-order valence-electron chi connectivity index (χ2n) is 17.3. The predicted octanol–water partition coefficient (Wildman–Crippen LogP) is 2.29. The Bertz CT molecular complexity index is 1160. The second kappa shape index (κ2) is 18.5. The third kappa shape index (κ3) is 10.3. The van der Waals surface area contributed by atoms with E-state index < -0.39 is 96.0 Å². The molecule has 0 aliphatic carbocycles. The SMILES string of the molecule is CCC1OC(=O)C(C)C(OC2CC(C)(OC)C(O)C(C)O2)C(C)C(OC2OC(C)CC(N(C)C)C2O)C(C)(O)CC(C)CN(C)C(C)C(O)C1(O)CC. The Morgan fingerprint density at radius 3 is 2.11 bits per heavy atom. The van der Waals surface area contributed by atoms with Gasteiger partial charge in [-0.05, 0) is 94.3 Å². The number of methoxy groups -OCH3 is 1. The van der Waals surface area contributed by atoms with Gasteiger partial charge in [0.1, 0.15) is 30.0 Å². The van der Waals surface area contributed by atoms with Gasteiger partial charge in [-0.25, -0.2) is 0 Å². The van der Waals surface area contributed by atoms with Crippen LogP contribution in [-0.4, -0.2) is 166 Å². The zero-order valence-corrected chi connectivity index (χ0v) is 34.9. The number of likely N-dealkylation sites (N-methyl/N-ethyl adjacent to an activating group) is 2. The molecule has 14 heteroatoms. The molecule has 0 spiro atoms. The first kappa shape index (κ1) is 46.4. The van der Waals surface area contributed by atoms with E-state index >= 15 is 0 Å². The van der Waals surface area contributed by atoms with Crippen molar-refractivity contribution >= 4 is 5.97 Å². The van der Waals surface area contributed by atoms with E-state index in [4.69, 9.17) is 28.4 Å². The molecule has 0 aromatic carbocycles. The maximum atomic E-state index is 14.3. The number of rotatable bonds is 8. The van der Waals surface area contributed by atoms with E-state index in [0.717, 1.165) is 0 Å². The molecule has 3 aliphatic heterocycles. The molecule has 5 N–H and O–H groups in total. The maximum absolute atomic E-state index is 14.3. The van der Waals surface area contributed by atoms with Gasteiger partial charge in [-0.15, -0.1) is 0 Å². The van der Waals surface area contributed by atoms with Gasteiger partial charge in [0.15, 0.2) is 12.6 Å². The topological polar surface area (TPSA) is 180 Å². The summed E-state index contributed by atoms with van der Waals surface area (Å²) in [6, 6.07) is -0.804. The Morgan fingerprint density at radius 2 is 1.57 bits per heavy atom. The van der Waals surface area contributed by atoms with Crippen LogP contribution in [0.15, 0.2) is 0 Å². The van der Waals surface area contributed by atoms with E-state index in [-0.39, 0.29) is 43.7 Å². The van der Waals surface area contributed by atoms with Crippen molar-refractivity contribution in [2.75, 3.05) is 34.8 Å². The molecule has 0 radical (unpaired) electrons. The average molecular weight is 763 g/mol. The molecule has 18 atom stereocenters. The van der Waals surface area contributed by atoms with Gasteiger partial charge < -0.3 is 63.8 Å². The predicted molar refractivity (Wildman–Crippen MR) is 199 cm³/mol. The van der Waals surface area contributed by atoms with Crippen molar-refractivity contribution in [2.45, 2.75) is 192 Å². The van der Waals surface area contributed by atoms with Gasteiger partial charge in [0, 0.05) is 38.1 Å². The van der Waals surface area contributed by atoms with E-state index in [1.807, 2.05) is 58.6 Å². The summed E-state index contributed by atoms with van der Waals surface area (Å²) in [6.07, 6.45) is -8.02. The van der Waals surface area contributed by atoms with E-state index in [1.165, 1.54) is 7.11 Å². The summed E-state index contributed by atoms with van der Waals surface area (Å²) in [5, 5.41) is 58.7. The van der Waals surface area contributed by atoms with Crippen LogP contribution in [0.4, 0.5) is 0 Å². The largest absolute Gasteiger partial charge is 0.459 e. The molecule has 0 aromatic rings. The quantitative estimate of drug-likeness (QED) is 0.228. The van der Waals surface area contributed by atoms with Crippen LogP contribution in [0.2, 0.25) is 0 Å². The molecule has 14 nitrogen and oxygen atoms in total. The summed E-state index contributed by atoms with van der Waals surface area (Å²) in [7, 11) is 7.14.